The molecule has 164 valence electrons. The van der Waals surface area contributed by atoms with Crippen molar-refractivity contribution in [2.45, 2.75) is 83.2 Å². The number of Topliss-reactive ketones (excluding diaryl/α,β-unsaturated/α-hetero) is 1. The van der Waals surface area contributed by atoms with Gasteiger partial charge < -0.3 is 15.2 Å². The number of carbonyl (C=O) groups is 3. The summed E-state index contributed by atoms with van der Waals surface area (Å²) in [7, 11) is 0. The minimum atomic E-state index is -0.640. The van der Waals surface area contributed by atoms with E-state index in [9.17, 15) is 14.4 Å². The topological polar surface area (TPSA) is 95.7 Å². The number of carbonyl (C=O) groups excluding carboxylic acids is 3. The van der Waals surface area contributed by atoms with Crippen LogP contribution in [0.5, 0.6) is 5.75 Å². The SMILES string of the molecule is CCc1cc(CCC2(C3CCCC3)CC(=O)CC(=O)O2)ccc1OCCCC(N)=O. The molecule has 2 N–H and O–H groups in total. The number of amides is 1. The number of cyclic esters (lactones) is 1. The number of esters is 1. The zero-order valence-electron chi connectivity index (χ0n) is 17.9. The van der Waals surface area contributed by atoms with E-state index in [1.54, 1.807) is 0 Å². The van der Waals surface area contributed by atoms with Crippen LogP contribution in [0, 0.1) is 5.92 Å². The number of benzene rings is 1. The number of nitrogens with two attached hydrogens (primary N) is 1. The summed E-state index contributed by atoms with van der Waals surface area (Å²) in [5.41, 5.74) is 6.79. The van der Waals surface area contributed by atoms with Crippen LogP contribution in [0.4, 0.5) is 0 Å². The molecule has 1 aliphatic carbocycles. The molecule has 6 nitrogen and oxygen atoms in total. The Morgan fingerprint density at radius 1 is 1.27 bits per heavy atom. The molecule has 1 unspecified atom stereocenters. The van der Waals surface area contributed by atoms with E-state index in [-0.39, 0.29) is 30.0 Å². The summed E-state index contributed by atoms with van der Waals surface area (Å²) in [6.07, 6.45) is 7.78. The van der Waals surface area contributed by atoms with Gasteiger partial charge in [-0.1, -0.05) is 31.9 Å². The Balaban J connectivity index is 1.67. The van der Waals surface area contributed by atoms with Crippen LogP contribution in [0.1, 0.15) is 75.8 Å². The molecule has 1 saturated heterocycles. The maximum absolute atomic E-state index is 12.2. The van der Waals surface area contributed by atoms with Crippen molar-refractivity contribution in [1.29, 1.82) is 0 Å². The molecule has 1 saturated carbocycles. The van der Waals surface area contributed by atoms with Gasteiger partial charge in [-0.3, -0.25) is 14.4 Å². The second kappa shape index (κ2) is 10.1. The van der Waals surface area contributed by atoms with Crippen LogP contribution in [0.25, 0.3) is 0 Å². The van der Waals surface area contributed by atoms with Gasteiger partial charge in [-0.05, 0) is 61.6 Å². The number of ketones is 1. The Morgan fingerprint density at radius 2 is 2.03 bits per heavy atom. The van der Waals surface area contributed by atoms with E-state index in [0.717, 1.165) is 55.4 Å². The van der Waals surface area contributed by atoms with Crippen LogP contribution in [-0.2, 0) is 32.0 Å². The highest BCUT2D eigenvalue weighted by atomic mass is 16.6. The standard InChI is InChI=1S/C24H33NO5/c1-2-18-14-17(9-10-21(18)29-13-5-8-22(25)27)11-12-24(19-6-3-4-7-19)16-20(26)15-23(28)30-24/h9-10,14,19H,2-8,11-13,15-16H2,1H3,(H2,25,27). The van der Waals surface area contributed by atoms with Gasteiger partial charge in [-0.2, -0.15) is 0 Å². The highest BCUT2D eigenvalue weighted by Gasteiger charge is 2.47. The number of hydrogen-bond donors (Lipinski definition) is 1. The van der Waals surface area contributed by atoms with Crippen LogP contribution in [0.2, 0.25) is 0 Å². The molecule has 6 heteroatoms. The number of hydrogen-bond acceptors (Lipinski definition) is 5. The predicted octanol–water partition coefficient (Wildman–Crippen LogP) is 3.66. The summed E-state index contributed by atoms with van der Waals surface area (Å²) in [5, 5.41) is 0. The zero-order valence-corrected chi connectivity index (χ0v) is 17.9. The van der Waals surface area contributed by atoms with E-state index in [0.29, 0.717) is 32.3 Å². The van der Waals surface area contributed by atoms with E-state index in [1.165, 1.54) is 0 Å². The smallest absolute Gasteiger partial charge is 0.313 e. The lowest BCUT2D eigenvalue weighted by Gasteiger charge is -2.41. The molecule has 1 aliphatic heterocycles. The van der Waals surface area contributed by atoms with Crippen LogP contribution >= 0.6 is 0 Å². The van der Waals surface area contributed by atoms with Crippen LogP contribution in [0.3, 0.4) is 0 Å². The lowest BCUT2D eigenvalue weighted by Crippen LogP contribution is -2.48. The van der Waals surface area contributed by atoms with Gasteiger partial charge >= 0.3 is 5.97 Å². The van der Waals surface area contributed by atoms with Crippen LogP contribution < -0.4 is 10.5 Å². The van der Waals surface area contributed by atoms with Gasteiger partial charge in [0, 0.05) is 12.8 Å². The molecule has 2 fully saturated rings. The third-order valence-corrected chi connectivity index (χ3v) is 6.42. The number of primary amides is 1. The maximum atomic E-state index is 12.2. The summed E-state index contributed by atoms with van der Waals surface area (Å²) in [5.74, 6) is 0.432. The van der Waals surface area contributed by atoms with E-state index in [1.807, 2.05) is 12.1 Å². The van der Waals surface area contributed by atoms with E-state index < -0.39 is 5.60 Å². The van der Waals surface area contributed by atoms with Crippen LogP contribution in [-0.4, -0.2) is 29.9 Å². The van der Waals surface area contributed by atoms with Crippen molar-refractivity contribution >= 4 is 17.7 Å². The Hall–Kier alpha value is -2.37. The minimum absolute atomic E-state index is 0.00658. The highest BCUT2D eigenvalue weighted by molar-refractivity contribution is 5.98. The molecule has 0 spiro atoms. The Morgan fingerprint density at radius 3 is 2.70 bits per heavy atom. The third kappa shape index (κ3) is 5.61. The number of aryl methyl sites for hydroxylation is 2. The Labute approximate surface area is 178 Å². The van der Waals surface area contributed by atoms with Gasteiger partial charge in [0.05, 0.1) is 6.61 Å². The fraction of sp³-hybridized carbons (Fsp3) is 0.625. The molecule has 0 radical (unpaired) electrons. The first-order valence-corrected chi connectivity index (χ1v) is 11.2. The van der Waals surface area contributed by atoms with Gasteiger partial charge in [0.25, 0.3) is 0 Å². The van der Waals surface area contributed by atoms with Crippen molar-refractivity contribution in [2.75, 3.05) is 6.61 Å². The highest BCUT2D eigenvalue weighted by Crippen LogP contribution is 2.44. The average Bonchev–Trinajstić information content (AvgIpc) is 3.25. The first kappa shape index (κ1) is 22.3. The molecule has 30 heavy (non-hydrogen) atoms. The normalized spacial score (nSPS) is 22.2. The molecule has 0 bridgehead atoms. The average molecular weight is 416 g/mol. The molecule has 1 aromatic carbocycles. The Kier molecular flexibility index (Phi) is 7.51. The molecule has 1 aromatic rings. The van der Waals surface area contributed by atoms with Crippen molar-refractivity contribution in [3.05, 3.63) is 29.3 Å². The van der Waals surface area contributed by atoms with E-state index in [2.05, 4.69) is 13.0 Å². The van der Waals surface area contributed by atoms with Crippen molar-refractivity contribution in [2.24, 2.45) is 11.7 Å². The van der Waals surface area contributed by atoms with Gasteiger partial charge in [-0.15, -0.1) is 0 Å². The van der Waals surface area contributed by atoms with Crippen LogP contribution in [0.15, 0.2) is 18.2 Å². The second-order valence-corrected chi connectivity index (χ2v) is 8.63. The number of rotatable bonds is 10. The fourth-order valence-electron chi connectivity index (χ4n) is 4.87. The van der Waals surface area contributed by atoms with Crippen molar-refractivity contribution < 1.29 is 23.9 Å². The lowest BCUT2D eigenvalue weighted by atomic mass is 9.76. The monoisotopic (exact) mass is 415 g/mol. The minimum Gasteiger partial charge on any atom is -0.493 e. The summed E-state index contributed by atoms with van der Waals surface area (Å²) in [6, 6.07) is 6.15. The molecule has 1 amide bonds. The molecule has 1 heterocycles. The van der Waals surface area contributed by atoms with Crippen molar-refractivity contribution in [3.63, 3.8) is 0 Å². The molecule has 1 atom stereocenters. The number of ether oxygens (including phenoxy) is 2. The Bertz CT molecular complexity index is 766. The van der Waals surface area contributed by atoms with Gasteiger partial charge in [0.2, 0.25) is 5.91 Å². The quantitative estimate of drug-likeness (QED) is 0.357. The second-order valence-electron chi connectivity index (χ2n) is 8.63. The van der Waals surface area contributed by atoms with Crippen molar-refractivity contribution in [3.8, 4) is 5.75 Å². The molecule has 3 rings (SSSR count). The van der Waals surface area contributed by atoms with Crippen molar-refractivity contribution in [1.82, 2.24) is 0 Å². The zero-order chi connectivity index (χ0) is 21.6. The lowest BCUT2D eigenvalue weighted by molar-refractivity contribution is -0.178. The first-order chi connectivity index (χ1) is 14.4. The third-order valence-electron chi connectivity index (χ3n) is 6.42. The summed E-state index contributed by atoms with van der Waals surface area (Å²) in [6.45, 7) is 2.54. The summed E-state index contributed by atoms with van der Waals surface area (Å²) in [4.78, 5) is 35.2. The van der Waals surface area contributed by atoms with Gasteiger partial charge in [0.1, 0.15) is 23.6 Å². The molecular weight excluding hydrogens is 382 g/mol. The summed E-state index contributed by atoms with van der Waals surface area (Å²) >= 11 is 0. The van der Waals surface area contributed by atoms with Gasteiger partial charge in [-0.25, -0.2) is 0 Å². The fourth-order valence-corrected chi connectivity index (χ4v) is 4.87. The van der Waals surface area contributed by atoms with E-state index in [4.69, 9.17) is 15.2 Å². The predicted molar refractivity (Wildman–Crippen MR) is 113 cm³/mol. The maximum Gasteiger partial charge on any atom is 0.313 e. The van der Waals surface area contributed by atoms with E-state index >= 15 is 0 Å². The summed E-state index contributed by atoms with van der Waals surface area (Å²) < 4.78 is 11.7. The molecule has 0 aromatic heterocycles. The molecule has 2 aliphatic rings. The largest absolute Gasteiger partial charge is 0.493 e. The molecular formula is C24H33NO5. The van der Waals surface area contributed by atoms with Gasteiger partial charge in [0.15, 0.2) is 0 Å². The first-order valence-electron chi connectivity index (χ1n) is 11.2.